The summed E-state index contributed by atoms with van der Waals surface area (Å²) in [5, 5.41) is 6.02. The number of carbonyl (C=O) groups excluding carboxylic acids is 1. The van der Waals surface area contributed by atoms with Crippen LogP contribution in [0.5, 0.6) is 0 Å². The van der Waals surface area contributed by atoms with Gasteiger partial charge in [0.1, 0.15) is 5.69 Å². The lowest BCUT2D eigenvalue weighted by atomic mass is 9.98. The summed E-state index contributed by atoms with van der Waals surface area (Å²) in [6.45, 7) is 3.50. The Bertz CT molecular complexity index is 422. The average molecular weight is 249 g/mol. The Kier molecular flexibility index (Phi) is 4.15. The molecule has 1 amide bonds. The number of rotatable bonds is 3. The highest BCUT2D eigenvalue weighted by atomic mass is 16.5. The van der Waals surface area contributed by atoms with Gasteiger partial charge in [-0.1, -0.05) is 6.92 Å². The Morgan fingerprint density at radius 3 is 3.11 bits per heavy atom. The molecule has 0 radical (unpaired) electrons. The normalized spacial score (nSPS) is 23.4. The van der Waals surface area contributed by atoms with Crippen molar-refractivity contribution in [3.63, 3.8) is 0 Å². The van der Waals surface area contributed by atoms with Crippen molar-refractivity contribution in [2.24, 2.45) is 5.92 Å². The number of carbonyl (C=O) groups is 1. The molecule has 1 saturated heterocycles. The molecule has 2 unspecified atom stereocenters. The van der Waals surface area contributed by atoms with Gasteiger partial charge in [0.2, 0.25) is 0 Å². The van der Waals surface area contributed by atoms with Gasteiger partial charge in [-0.3, -0.25) is 9.78 Å². The van der Waals surface area contributed by atoms with Crippen LogP contribution in [0.4, 0.5) is 5.69 Å². The molecular weight excluding hydrogens is 230 g/mol. The number of ether oxygens (including phenoxy) is 1. The summed E-state index contributed by atoms with van der Waals surface area (Å²) >= 11 is 0. The van der Waals surface area contributed by atoms with E-state index in [9.17, 15) is 4.79 Å². The van der Waals surface area contributed by atoms with Crippen molar-refractivity contribution in [2.75, 3.05) is 25.6 Å². The molecule has 1 aromatic heterocycles. The van der Waals surface area contributed by atoms with Crippen LogP contribution in [-0.2, 0) is 4.74 Å². The molecule has 2 heterocycles. The first-order chi connectivity index (χ1) is 8.70. The SMILES string of the molecule is CNc1ccnc(C(=O)NC2CCOCC2C)c1. The highest BCUT2D eigenvalue weighted by Gasteiger charge is 2.24. The van der Waals surface area contributed by atoms with Gasteiger partial charge in [-0.15, -0.1) is 0 Å². The third kappa shape index (κ3) is 2.98. The van der Waals surface area contributed by atoms with Gasteiger partial charge in [0.25, 0.3) is 5.91 Å². The number of hydrogen-bond donors (Lipinski definition) is 2. The van der Waals surface area contributed by atoms with Crippen molar-refractivity contribution in [2.45, 2.75) is 19.4 Å². The summed E-state index contributed by atoms with van der Waals surface area (Å²) in [4.78, 5) is 16.2. The minimum absolute atomic E-state index is 0.120. The monoisotopic (exact) mass is 249 g/mol. The molecule has 1 aliphatic rings. The smallest absolute Gasteiger partial charge is 0.270 e. The first-order valence-corrected chi connectivity index (χ1v) is 6.23. The maximum Gasteiger partial charge on any atom is 0.270 e. The van der Waals surface area contributed by atoms with Crippen LogP contribution in [0.3, 0.4) is 0 Å². The van der Waals surface area contributed by atoms with Crippen LogP contribution >= 0.6 is 0 Å². The van der Waals surface area contributed by atoms with Crippen LogP contribution in [0.15, 0.2) is 18.3 Å². The molecule has 2 rings (SSSR count). The number of aromatic nitrogens is 1. The molecule has 5 nitrogen and oxygen atoms in total. The second-order valence-corrected chi connectivity index (χ2v) is 4.60. The minimum atomic E-state index is -0.120. The summed E-state index contributed by atoms with van der Waals surface area (Å²) in [7, 11) is 1.82. The van der Waals surface area contributed by atoms with Crippen molar-refractivity contribution < 1.29 is 9.53 Å². The first-order valence-electron chi connectivity index (χ1n) is 6.23. The molecule has 0 aromatic carbocycles. The standard InChI is InChI=1S/C13H19N3O2/c1-9-8-18-6-4-11(9)16-13(17)12-7-10(14-2)3-5-15-12/h3,5,7,9,11H,4,6,8H2,1-2H3,(H,14,15)(H,16,17). The predicted octanol–water partition coefficient (Wildman–Crippen LogP) is 1.28. The number of nitrogens with zero attached hydrogens (tertiary/aromatic N) is 1. The fourth-order valence-corrected chi connectivity index (χ4v) is 2.05. The Balaban J connectivity index is 2.02. The molecule has 2 atom stereocenters. The van der Waals surface area contributed by atoms with E-state index in [0.717, 1.165) is 12.1 Å². The quantitative estimate of drug-likeness (QED) is 0.847. The van der Waals surface area contributed by atoms with Crippen molar-refractivity contribution in [1.29, 1.82) is 0 Å². The zero-order valence-corrected chi connectivity index (χ0v) is 10.8. The zero-order valence-electron chi connectivity index (χ0n) is 10.8. The predicted molar refractivity (Wildman–Crippen MR) is 69.6 cm³/mol. The molecule has 1 fully saturated rings. The van der Waals surface area contributed by atoms with E-state index in [1.807, 2.05) is 13.1 Å². The van der Waals surface area contributed by atoms with Gasteiger partial charge in [0, 0.05) is 31.6 Å². The third-order valence-electron chi connectivity index (χ3n) is 3.24. The van der Waals surface area contributed by atoms with Crippen LogP contribution in [0.1, 0.15) is 23.8 Å². The van der Waals surface area contributed by atoms with Gasteiger partial charge < -0.3 is 15.4 Å². The van der Waals surface area contributed by atoms with Crippen LogP contribution in [0.2, 0.25) is 0 Å². The molecule has 0 saturated carbocycles. The maximum atomic E-state index is 12.1. The highest BCUT2D eigenvalue weighted by Crippen LogP contribution is 2.15. The molecule has 2 N–H and O–H groups in total. The van der Waals surface area contributed by atoms with Gasteiger partial charge in [-0.25, -0.2) is 0 Å². The van der Waals surface area contributed by atoms with Crippen LogP contribution < -0.4 is 10.6 Å². The van der Waals surface area contributed by atoms with E-state index in [-0.39, 0.29) is 11.9 Å². The molecule has 0 aliphatic carbocycles. The van der Waals surface area contributed by atoms with E-state index in [1.165, 1.54) is 0 Å². The van der Waals surface area contributed by atoms with Crippen LogP contribution in [-0.4, -0.2) is 37.2 Å². The third-order valence-corrected chi connectivity index (χ3v) is 3.24. The average Bonchev–Trinajstić information content (AvgIpc) is 2.41. The van der Waals surface area contributed by atoms with Crippen LogP contribution in [0, 0.1) is 5.92 Å². The van der Waals surface area contributed by atoms with E-state index >= 15 is 0 Å². The van der Waals surface area contributed by atoms with Gasteiger partial charge in [0.15, 0.2) is 0 Å². The lowest BCUT2D eigenvalue weighted by Crippen LogP contribution is -2.44. The maximum absolute atomic E-state index is 12.1. The van der Waals surface area contributed by atoms with E-state index in [2.05, 4.69) is 22.5 Å². The van der Waals surface area contributed by atoms with Gasteiger partial charge in [-0.05, 0) is 24.5 Å². The minimum Gasteiger partial charge on any atom is -0.388 e. The first kappa shape index (κ1) is 12.8. The molecule has 5 heteroatoms. The van der Waals surface area contributed by atoms with Gasteiger partial charge in [-0.2, -0.15) is 0 Å². The molecule has 0 spiro atoms. The number of amides is 1. The lowest BCUT2D eigenvalue weighted by Gasteiger charge is -2.29. The Hall–Kier alpha value is -1.62. The second-order valence-electron chi connectivity index (χ2n) is 4.60. The number of anilines is 1. The van der Waals surface area contributed by atoms with E-state index < -0.39 is 0 Å². The molecule has 98 valence electrons. The second kappa shape index (κ2) is 5.82. The lowest BCUT2D eigenvalue weighted by molar-refractivity contribution is 0.0374. The van der Waals surface area contributed by atoms with Crippen molar-refractivity contribution in [3.05, 3.63) is 24.0 Å². The largest absolute Gasteiger partial charge is 0.388 e. The van der Waals surface area contributed by atoms with E-state index in [1.54, 1.807) is 12.3 Å². The molecule has 0 bridgehead atoms. The molecular formula is C13H19N3O2. The van der Waals surface area contributed by atoms with Crippen molar-refractivity contribution in [1.82, 2.24) is 10.3 Å². The van der Waals surface area contributed by atoms with E-state index in [4.69, 9.17) is 4.74 Å². The molecule has 1 aromatic rings. The number of hydrogen-bond acceptors (Lipinski definition) is 4. The van der Waals surface area contributed by atoms with Crippen molar-refractivity contribution in [3.8, 4) is 0 Å². The summed E-state index contributed by atoms with van der Waals surface area (Å²) in [6.07, 6.45) is 2.49. The van der Waals surface area contributed by atoms with Gasteiger partial charge in [0.05, 0.1) is 6.61 Å². The highest BCUT2D eigenvalue weighted by molar-refractivity contribution is 5.93. The zero-order chi connectivity index (χ0) is 13.0. The Labute approximate surface area is 107 Å². The molecule has 18 heavy (non-hydrogen) atoms. The Morgan fingerprint density at radius 2 is 2.39 bits per heavy atom. The van der Waals surface area contributed by atoms with E-state index in [0.29, 0.717) is 24.8 Å². The summed E-state index contributed by atoms with van der Waals surface area (Å²) in [5.74, 6) is 0.223. The summed E-state index contributed by atoms with van der Waals surface area (Å²) in [5.41, 5.74) is 1.33. The van der Waals surface area contributed by atoms with Crippen molar-refractivity contribution >= 4 is 11.6 Å². The fourth-order valence-electron chi connectivity index (χ4n) is 2.05. The number of nitrogens with one attached hydrogen (secondary N) is 2. The van der Waals surface area contributed by atoms with Crippen LogP contribution in [0.25, 0.3) is 0 Å². The topological polar surface area (TPSA) is 63.2 Å². The Morgan fingerprint density at radius 1 is 1.56 bits per heavy atom. The summed E-state index contributed by atoms with van der Waals surface area (Å²) < 4.78 is 5.36. The summed E-state index contributed by atoms with van der Waals surface area (Å²) in [6, 6.07) is 3.75. The fraction of sp³-hybridized carbons (Fsp3) is 0.538. The molecule has 1 aliphatic heterocycles. The van der Waals surface area contributed by atoms with Gasteiger partial charge >= 0.3 is 0 Å². The number of pyridine rings is 1.